The van der Waals surface area contributed by atoms with Gasteiger partial charge in [0.2, 0.25) is 0 Å². The van der Waals surface area contributed by atoms with Crippen molar-refractivity contribution < 1.29 is 4.39 Å². The van der Waals surface area contributed by atoms with Gasteiger partial charge >= 0.3 is 0 Å². The Bertz CT molecular complexity index is 1470. The molecule has 0 saturated heterocycles. The van der Waals surface area contributed by atoms with Crippen molar-refractivity contribution >= 4 is 23.5 Å². The first-order valence-electron chi connectivity index (χ1n) is 14.1. The van der Waals surface area contributed by atoms with E-state index >= 15 is 0 Å². The predicted molar refractivity (Wildman–Crippen MR) is 157 cm³/mol. The SMILES string of the molecule is C=C1C=c2nc(-c3ccnc(C=CCc4ncccc4F)c3)nc(NCCCNCCC)c2=C(C2CCC2)C1. The number of allylic oxidation sites excluding steroid dienone is 2. The molecule has 2 N–H and O–H groups in total. The number of halogens is 1. The van der Waals surface area contributed by atoms with E-state index in [1.54, 1.807) is 18.5 Å². The lowest BCUT2D eigenvalue weighted by molar-refractivity contribution is 0.393. The molecule has 3 heterocycles. The summed E-state index contributed by atoms with van der Waals surface area (Å²) in [6.45, 7) is 9.34. The van der Waals surface area contributed by atoms with Crippen molar-refractivity contribution in [2.75, 3.05) is 25.0 Å². The van der Waals surface area contributed by atoms with Crippen LogP contribution in [0.2, 0.25) is 0 Å². The van der Waals surface area contributed by atoms with Gasteiger partial charge in [0.05, 0.1) is 16.7 Å². The van der Waals surface area contributed by atoms with E-state index in [0.29, 0.717) is 23.9 Å². The average Bonchev–Trinajstić information content (AvgIpc) is 2.90. The number of hydrogen-bond acceptors (Lipinski definition) is 6. The van der Waals surface area contributed by atoms with Gasteiger partial charge in [-0.15, -0.1) is 0 Å². The van der Waals surface area contributed by atoms with Gasteiger partial charge in [0.15, 0.2) is 5.82 Å². The van der Waals surface area contributed by atoms with E-state index in [1.807, 2.05) is 24.3 Å². The summed E-state index contributed by atoms with van der Waals surface area (Å²) in [6.07, 6.45) is 16.4. The lowest BCUT2D eigenvalue weighted by atomic mass is 9.75. The van der Waals surface area contributed by atoms with Gasteiger partial charge in [0.25, 0.3) is 0 Å². The number of anilines is 1. The second-order valence-electron chi connectivity index (χ2n) is 10.3. The number of nitrogens with one attached hydrogen (secondary N) is 2. The highest BCUT2D eigenvalue weighted by molar-refractivity contribution is 5.69. The van der Waals surface area contributed by atoms with E-state index in [4.69, 9.17) is 9.97 Å². The Labute approximate surface area is 229 Å². The summed E-state index contributed by atoms with van der Waals surface area (Å²) in [5, 5.41) is 9.24. The minimum absolute atomic E-state index is 0.302. The highest BCUT2D eigenvalue weighted by Gasteiger charge is 2.26. The van der Waals surface area contributed by atoms with Crippen LogP contribution in [0.4, 0.5) is 10.2 Å². The third-order valence-corrected chi connectivity index (χ3v) is 7.34. The molecule has 0 unspecified atom stereocenters. The first-order chi connectivity index (χ1) is 19.1. The molecule has 0 aromatic carbocycles. The fraction of sp³-hybridized carbons (Fsp3) is 0.375. The van der Waals surface area contributed by atoms with Crippen LogP contribution in [-0.4, -0.2) is 39.6 Å². The molecule has 2 aliphatic carbocycles. The maximum atomic E-state index is 13.9. The van der Waals surface area contributed by atoms with Crippen LogP contribution in [0.15, 0.2) is 54.9 Å². The number of nitrogens with zero attached hydrogens (tertiary/aromatic N) is 4. The molecule has 2 aliphatic rings. The van der Waals surface area contributed by atoms with Crippen molar-refractivity contribution in [1.29, 1.82) is 0 Å². The highest BCUT2D eigenvalue weighted by atomic mass is 19.1. The molecule has 0 radical (unpaired) electrons. The molecule has 3 aromatic heterocycles. The van der Waals surface area contributed by atoms with Gasteiger partial charge in [0.1, 0.15) is 11.6 Å². The zero-order valence-electron chi connectivity index (χ0n) is 22.7. The summed E-state index contributed by atoms with van der Waals surface area (Å²) in [5.74, 6) is 1.86. The van der Waals surface area contributed by atoms with Crippen LogP contribution in [0.3, 0.4) is 0 Å². The van der Waals surface area contributed by atoms with Crippen molar-refractivity contribution in [3.63, 3.8) is 0 Å². The molecule has 7 heteroatoms. The minimum Gasteiger partial charge on any atom is -0.369 e. The van der Waals surface area contributed by atoms with Crippen molar-refractivity contribution in [2.45, 2.75) is 51.9 Å². The predicted octanol–water partition coefficient (Wildman–Crippen LogP) is 4.82. The molecule has 0 spiro atoms. The Morgan fingerprint density at radius 1 is 1.10 bits per heavy atom. The Kier molecular flexibility index (Phi) is 8.89. The first kappa shape index (κ1) is 26.9. The zero-order chi connectivity index (χ0) is 27.0. The number of rotatable bonds is 12. The molecular formula is C32H37FN6. The van der Waals surface area contributed by atoms with Crippen LogP contribution in [0, 0.1) is 11.7 Å². The standard InChI is InChI=1S/C32H37FN6/c1-3-14-34-15-7-17-37-32-30-26(23-8-4-9-23)19-22(2)20-29(30)38-31(39-32)24-13-18-35-25(21-24)10-5-12-28-27(33)11-6-16-36-28/h5-6,10-11,13,16,18,20-21,23,34H,2-4,7-9,12,14-15,17,19H2,1H3,(H,37,38,39). The van der Waals surface area contributed by atoms with E-state index < -0.39 is 0 Å². The Balaban J connectivity index is 1.45. The van der Waals surface area contributed by atoms with Crippen LogP contribution < -0.4 is 21.2 Å². The summed E-state index contributed by atoms with van der Waals surface area (Å²) < 4.78 is 13.9. The van der Waals surface area contributed by atoms with Crippen molar-refractivity contribution in [2.24, 2.45) is 5.92 Å². The van der Waals surface area contributed by atoms with Gasteiger partial charge in [-0.25, -0.2) is 14.4 Å². The summed E-state index contributed by atoms with van der Waals surface area (Å²) in [7, 11) is 0. The Hall–Kier alpha value is -3.71. The van der Waals surface area contributed by atoms with E-state index in [-0.39, 0.29) is 5.82 Å². The lowest BCUT2D eigenvalue weighted by Gasteiger charge is -2.30. The van der Waals surface area contributed by atoms with Crippen LogP contribution in [-0.2, 0) is 6.42 Å². The van der Waals surface area contributed by atoms with Gasteiger partial charge in [-0.1, -0.05) is 26.0 Å². The van der Waals surface area contributed by atoms with Crippen LogP contribution in [0.25, 0.3) is 29.1 Å². The van der Waals surface area contributed by atoms with Crippen LogP contribution in [0.1, 0.15) is 56.8 Å². The van der Waals surface area contributed by atoms with E-state index in [9.17, 15) is 4.39 Å². The summed E-state index contributed by atoms with van der Waals surface area (Å²) in [4.78, 5) is 18.7. The van der Waals surface area contributed by atoms with E-state index in [2.05, 4.69) is 40.2 Å². The molecule has 6 nitrogen and oxygen atoms in total. The van der Waals surface area contributed by atoms with Gasteiger partial charge in [-0.3, -0.25) is 9.97 Å². The number of fused-ring (bicyclic) bond motifs is 1. The maximum Gasteiger partial charge on any atom is 0.162 e. The van der Waals surface area contributed by atoms with E-state index in [0.717, 1.165) is 66.9 Å². The molecule has 0 atom stereocenters. The topological polar surface area (TPSA) is 75.6 Å². The molecule has 1 saturated carbocycles. The third kappa shape index (κ3) is 6.66. The van der Waals surface area contributed by atoms with Gasteiger partial charge in [-0.2, -0.15) is 0 Å². The van der Waals surface area contributed by atoms with Crippen LogP contribution >= 0.6 is 0 Å². The summed E-state index contributed by atoms with van der Waals surface area (Å²) in [5.41, 5.74) is 4.60. The summed E-state index contributed by atoms with van der Waals surface area (Å²) in [6, 6.07) is 6.93. The van der Waals surface area contributed by atoms with E-state index in [1.165, 1.54) is 36.1 Å². The molecule has 5 rings (SSSR count). The van der Waals surface area contributed by atoms with Crippen LogP contribution in [0.5, 0.6) is 0 Å². The minimum atomic E-state index is -0.302. The molecule has 0 amide bonds. The highest BCUT2D eigenvalue weighted by Crippen LogP contribution is 2.37. The zero-order valence-corrected chi connectivity index (χ0v) is 22.7. The fourth-order valence-electron chi connectivity index (χ4n) is 5.10. The number of pyridine rings is 2. The average molecular weight is 525 g/mol. The molecule has 202 valence electrons. The van der Waals surface area contributed by atoms with Gasteiger partial charge < -0.3 is 10.6 Å². The normalized spacial score (nSPS) is 15.2. The molecule has 0 aliphatic heterocycles. The quantitative estimate of drug-likeness (QED) is 0.331. The van der Waals surface area contributed by atoms with Crippen molar-refractivity contribution in [3.8, 4) is 11.4 Å². The largest absolute Gasteiger partial charge is 0.369 e. The molecule has 1 fully saturated rings. The molecular weight excluding hydrogens is 487 g/mol. The Morgan fingerprint density at radius 2 is 2.00 bits per heavy atom. The van der Waals surface area contributed by atoms with Gasteiger partial charge in [0, 0.05) is 36.1 Å². The van der Waals surface area contributed by atoms with Crippen molar-refractivity contribution in [3.05, 3.63) is 82.7 Å². The van der Waals surface area contributed by atoms with Gasteiger partial charge in [-0.05, 0) is 98.7 Å². The monoisotopic (exact) mass is 524 g/mol. The molecule has 39 heavy (non-hydrogen) atoms. The smallest absolute Gasteiger partial charge is 0.162 e. The summed E-state index contributed by atoms with van der Waals surface area (Å²) >= 11 is 0. The maximum absolute atomic E-state index is 13.9. The molecule has 3 aromatic rings. The number of hydrogen-bond donors (Lipinski definition) is 2. The second kappa shape index (κ2) is 12.9. The second-order valence-corrected chi connectivity index (χ2v) is 10.3. The lowest BCUT2D eigenvalue weighted by Crippen LogP contribution is -2.40. The first-order valence-corrected chi connectivity index (χ1v) is 14.1. The Morgan fingerprint density at radius 3 is 2.79 bits per heavy atom. The third-order valence-electron chi connectivity index (χ3n) is 7.34. The number of aromatic nitrogens is 4. The molecule has 0 bridgehead atoms. The van der Waals surface area contributed by atoms with Crippen molar-refractivity contribution in [1.82, 2.24) is 25.3 Å². The fourth-order valence-corrected chi connectivity index (χ4v) is 5.10.